The number of aryl methyl sites for hydroxylation is 1. The second kappa shape index (κ2) is 23.8. The molecule has 2 heterocycles. The number of nitrogens with one attached hydrogen (secondary N) is 1. The van der Waals surface area contributed by atoms with E-state index in [1.165, 1.54) is 11.3 Å². The van der Waals surface area contributed by atoms with Gasteiger partial charge < -0.3 is 14.8 Å². The van der Waals surface area contributed by atoms with Gasteiger partial charge in [0, 0.05) is 39.4 Å². The number of hydrogen-bond donors (Lipinski definition) is 2. The lowest BCUT2D eigenvalue weighted by Crippen LogP contribution is -2.17. The smallest absolute Gasteiger partial charge is 0.339 e. The number of allylic oxidation sites excluding steroid dienone is 2. The van der Waals surface area contributed by atoms with Crippen molar-refractivity contribution >= 4 is 67.9 Å². The van der Waals surface area contributed by atoms with E-state index in [0.717, 1.165) is 37.9 Å². The largest absolute Gasteiger partial charge is 0.478 e. The summed E-state index contributed by atoms with van der Waals surface area (Å²) in [5.41, 5.74) is 3.28. The van der Waals surface area contributed by atoms with Crippen molar-refractivity contribution in [1.82, 2.24) is 0 Å². The highest BCUT2D eigenvalue weighted by Crippen LogP contribution is 2.36. The van der Waals surface area contributed by atoms with Gasteiger partial charge in [0.05, 0.1) is 0 Å². The van der Waals surface area contributed by atoms with E-state index in [1.807, 2.05) is 97.9 Å². The monoisotopic (exact) mass is 665 g/mol. The molecule has 0 saturated heterocycles. The van der Waals surface area contributed by atoms with Crippen LogP contribution in [-0.2, 0) is 11.2 Å². The number of benzene rings is 1. The van der Waals surface area contributed by atoms with Gasteiger partial charge in [0.1, 0.15) is 21.7 Å². The van der Waals surface area contributed by atoms with E-state index in [-0.39, 0.29) is 17.9 Å². The number of amides is 1. The standard InChI is InChI=1S/C22H20BrNO4S.C5H8.C2H5Cl.2C2H6/c1-3-13-11-16(28-18(13)4-2)9-10-19(25)24-21-20(22(26)27)17(12-29-21)14-5-7-15(23)8-6-14;1-4-5(2)3;1-2-3;2*1-2/h3-8,11-12H,9-10H2,1-2H3,(H,24,25)(H,26,27);4H,1-2H2,3H3;2H2,1H3;2*1-2H3/b13-3-,18-4+;;;;. The third-order valence-electron chi connectivity index (χ3n) is 4.78. The van der Waals surface area contributed by atoms with Crippen LogP contribution in [0.3, 0.4) is 0 Å². The number of carbonyl (C=O) groups excluding carboxylic acids is 1. The third kappa shape index (κ3) is 15.1. The van der Waals surface area contributed by atoms with Gasteiger partial charge in [-0.2, -0.15) is 0 Å². The van der Waals surface area contributed by atoms with Crippen LogP contribution in [0, 0.1) is 0 Å². The molecule has 226 valence electrons. The van der Waals surface area contributed by atoms with Crippen LogP contribution < -0.4 is 16.0 Å². The summed E-state index contributed by atoms with van der Waals surface area (Å²) in [6, 6.07) is 9.30. The van der Waals surface area contributed by atoms with Crippen LogP contribution in [0.25, 0.3) is 23.3 Å². The summed E-state index contributed by atoms with van der Waals surface area (Å²) in [4.78, 5) is 24.3. The predicted molar refractivity (Wildman–Crippen MR) is 184 cm³/mol. The van der Waals surface area contributed by atoms with Crippen LogP contribution in [-0.4, -0.2) is 22.9 Å². The zero-order chi connectivity index (χ0) is 32.0. The number of furan rings is 1. The predicted octanol–water partition coefficient (Wildman–Crippen LogP) is 9.69. The van der Waals surface area contributed by atoms with Gasteiger partial charge in [-0.05, 0) is 50.6 Å². The number of thiophene rings is 1. The van der Waals surface area contributed by atoms with Crippen LogP contribution in [0.4, 0.5) is 5.00 Å². The summed E-state index contributed by atoms with van der Waals surface area (Å²) in [7, 11) is 0. The normalized spacial score (nSPS) is 10.3. The second-order valence-corrected chi connectivity index (χ2v) is 9.97. The molecule has 3 aromatic rings. The Balaban J connectivity index is 0. The lowest BCUT2D eigenvalue weighted by Gasteiger charge is -2.06. The summed E-state index contributed by atoms with van der Waals surface area (Å²) in [6.07, 6.45) is 6.20. The van der Waals surface area contributed by atoms with Crippen molar-refractivity contribution in [2.75, 3.05) is 11.2 Å². The number of carboxylic acids is 1. The average Bonchev–Trinajstić information content (AvgIpc) is 3.59. The van der Waals surface area contributed by atoms with Crippen LogP contribution in [0.2, 0.25) is 0 Å². The lowest BCUT2D eigenvalue weighted by atomic mass is 10.0. The lowest BCUT2D eigenvalue weighted by molar-refractivity contribution is -0.116. The number of carbonyl (C=O) groups is 2. The van der Waals surface area contributed by atoms with Crippen LogP contribution in [0.15, 0.2) is 69.4 Å². The van der Waals surface area contributed by atoms with E-state index in [9.17, 15) is 14.7 Å². The fourth-order valence-corrected chi connectivity index (χ4v) is 4.22. The van der Waals surface area contributed by atoms with Crippen molar-refractivity contribution in [1.29, 1.82) is 0 Å². The van der Waals surface area contributed by atoms with E-state index in [4.69, 9.17) is 16.0 Å². The van der Waals surface area contributed by atoms with Gasteiger partial charge in [-0.15, -0.1) is 22.9 Å². The molecule has 0 aliphatic rings. The minimum atomic E-state index is -1.07. The molecule has 1 aromatic carbocycles. The first kappa shape index (κ1) is 40.3. The zero-order valence-electron chi connectivity index (χ0n) is 25.6. The Kier molecular flexibility index (Phi) is 23.4. The zero-order valence-corrected chi connectivity index (χ0v) is 28.7. The first-order valence-electron chi connectivity index (χ1n) is 13.6. The molecule has 0 saturated carbocycles. The maximum absolute atomic E-state index is 12.4. The second-order valence-electron chi connectivity index (χ2n) is 7.64. The molecule has 41 heavy (non-hydrogen) atoms. The molecule has 2 N–H and O–H groups in total. The molecule has 8 heteroatoms. The number of hydrogen-bond acceptors (Lipinski definition) is 4. The Morgan fingerprint density at radius 2 is 1.66 bits per heavy atom. The maximum atomic E-state index is 12.4. The molecule has 2 aromatic heterocycles. The summed E-state index contributed by atoms with van der Waals surface area (Å²) < 4.78 is 6.64. The first-order chi connectivity index (χ1) is 19.6. The van der Waals surface area contributed by atoms with E-state index in [2.05, 4.69) is 34.4 Å². The topological polar surface area (TPSA) is 79.5 Å². The highest BCUT2D eigenvalue weighted by molar-refractivity contribution is 9.10. The van der Waals surface area contributed by atoms with Crippen molar-refractivity contribution in [3.63, 3.8) is 0 Å². The number of rotatable bonds is 7. The number of halogens is 2. The minimum absolute atomic E-state index is 0.106. The van der Waals surface area contributed by atoms with Gasteiger partial charge in [0.2, 0.25) is 5.91 Å². The van der Waals surface area contributed by atoms with Crippen molar-refractivity contribution in [3.8, 4) is 11.1 Å². The van der Waals surface area contributed by atoms with Crippen LogP contribution in [0.5, 0.6) is 0 Å². The molecule has 0 aliphatic heterocycles. The van der Waals surface area contributed by atoms with Crippen molar-refractivity contribution in [2.24, 2.45) is 0 Å². The van der Waals surface area contributed by atoms with Gasteiger partial charge in [-0.3, -0.25) is 4.79 Å². The van der Waals surface area contributed by atoms with Crippen LogP contribution >= 0.6 is 38.9 Å². The Hall–Kier alpha value is -2.87. The highest BCUT2D eigenvalue weighted by Gasteiger charge is 2.21. The summed E-state index contributed by atoms with van der Waals surface area (Å²) >= 11 is 9.58. The summed E-state index contributed by atoms with van der Waals surface area (Å²) in [5.74, 6) is 0.121. The molecule has 0 bridgehead atoms. The van der Waals surface area contributed by atoms with Gasteiger partial charge >= 0.3 is 5.97 Å². The number of aromatic carboxylic acids is 1. The quantitative estimate of drug-likeness (QED) is 0.194. The fraction of sp³-hybridized carbons (Fsp3) is 0.333. The fourth-order valence-electron chi connectivity index (χ4n) is 2.98. The van der Waals surface area contributed by atoms with Gasteiger partial charge in [-0.25, -0.2) is 4.79 Å². The first-order valence-corrected chi connectivity index (χ1v) is 15.8. The molecular weight excluding hydrogens is 622 g/mol. The molecule has 0 unspecified atom stereocenters. The van der Waals surface area contributed by atoms with E-state index in [1.54, 1.807) is 11.5 Å². The molecule has 0 spiro atoms. The highest BCUT2D eigenvalue weighted by atomic mass is 79.9. The Morgan fingerprint density at radius 3 is 2.07 bits per heavy atom. The Bertz CT molecular complexity index is 1290. The Labute approximate surface area is 263 Å². The van der Waals surface area contributed by atoms with Crippen molar-refractivity contribution < 1.29 is 19.1 Å². The summed E-state index contributed by atoms with van der Waals surface area (Å²) in [5, 5.41) is 15.5. The molecule has 0 radical (unpaired) electrons. The third-order valence-corrected chi connectivity index (χ3v) is 6.20. The molecule has 0 aliphatic carbocycles. The van der Waals surface area contributed by atoms with Gasteiger partial charge in [0.25, 0.3) is 0 Å². The molecule has 0 fully saturated rings. The average molecular weight is 667 g/mol. The Morgan fingerprint density at radius 1 is 1.12 bits per heavy atom. The van der Waals surface area contributed by atoms with Gasteiger partial charge in [-0.1, -0.05) is 93.6 Å². The van der Waals surface area contributed by atoms with Gasteiger partial charge in [0.15, 0.2) is 0 Å². The maximum Gasteiger partial charge on any atom is 0.339 e. The van der Waals surface area contributed by atoms with Crippen LogP contribution in [0.1, 0.15) is 77.9 Å². The molecule has 3 rings (SSSR count). The number of anilines is 1. The van der Waals surface area contributed by atoms with E-state index < -0.39 is 5.97 Å². The number of carboxylic acid groups (broad SMARTS) is 1. The molecule has 1 amide bonds. The SMILES string of the molecule is C/C=c1/cc(CCC(=O)Nc2scc(-c3ccc(Br)cc3)c2C(=O)O)o/c1=C/C.C=CC(=C)C.CC.CC.CCCl. The van der Waals surface area contributed by atoms with Crippen molar-refractivity contribution in [3.05, 3.63) is 86.9 Å². The van der Waals surface area contributed by atoms with Crippen molar-refractivity contribution in [2.45, 2.75) is 68.2 Å². The van der Waals surface area contributed by atoms with E-state index in [0.29, 0.717) is 17.0 Å². The van der Waals surface area contributed by atoms with E-state index >= 15 is 0 Å². The number of alkyl halides is 1. The minimum Gasteiger partial charge on any atom is -0.478 e. The summed E-state index contributed by atoms with van der Waals surface area (Å²) in [6.45, 7) is 22.6. The molecule has 5 nitrogen and oxygen atoms in total. The molecule has 0 atom stereocenters. The molecular formula is C33H45BrClNO4S.